The van der Waals surface area contributed by atoms with Gasteiger partial charge in [0.1, 0.15) is 0 Å². The van der Waals surface area contributed by atoms with Crippen LogP contribution in [0, 0.1) is 23.7 Å². The van der Waals surface area contributed by atoms with Crippen LogP contribution in [-0.4, -0.2) is 12.2 Å². The first-order chi connectivity index (χ1) is 5.43. The summed E-state index contributed by atoms with van der Waals surface area (Å²) >= 11 is 0. The average molecular weight is 148 g/mol. The Bertz CT molecular complexity index is 243. The van der Waals surface area contributed by atoms with Crippen molar-refractivity contribution in [3.05, 3.63) is 12.2 Å². The van der Waals surface area contributed by atoms with Crippen molar-refractivity contribution in [2.75, 3.05) is 0 Å². The van der Waals surface area contributed by atoms with Gasteiger partial charge in [0.2, 0.25) is 0 Å². The lowest BCUT2D eigenvalue weighted by molar-refractivity contribution is 0.0650. The summed E-state index contributed by atoms with van der Waals surface area (Å²) in [7, 11) is 0. The molecule has 0 aromatic heterocycles. The molecule has 1 heterocycles. The van der Waals surface area contributed by atoms with Gasteiger partial charge in [0.15, 0.2) is 0 Å². The lowest BCUT2D eigenvalue weighted by Crippen LogP contribution is -2.22. The molecule has 1 heteroatoms. The maximum Gasteiger partial charge on any atom is 0.0797 e. The van der Waals surface area contributed by atoms with Gasteiger partial charge < -0.3 is 4.74 Å². The van der Waals surface area contributed by atoms with Crippen molar-refractivity contribution in [1.82, 2.24) is 0 Å². The van der Waals surface area contributed by atoms with Crippen LogP contribution in [0.25, 0.3) is 0 Å². The smallest absolute Gasteiger partial charge is 0.0797 e. The summed E-state index contributed by atoms with van der Waals surface area (Å²) in [6, 6.07) is 0. The van der Waals surface area contributed by atoms with Crippen molar-refractivity contribution in [2.45, 2.75) is 25.0 Å². The average Bonchev–Trinajstić information content (AvgIpc) is 2.49. The SMILES string of the molecule is C1=CC2C3CC4OC1C2C4C3. The zero-order valence-corrected chi connectivity index (χ0v) is 6.44. The summed E-state index contributed by atoms with van der Waals surface area (Å²) < 4.78 is 5.94. The molecular weight excluding hydrogens is 136 g/mol. The lowest BCUT2D eigenvalue weighted by Gasteiger charge is -2.21. The Kier molecular flexibility index (Phi) is 0.695. The van der Waals surface area contributed by atoms with Crippen molar-refractivity contribution >= 4 is 0 Å². The van der Waals surface area contributed by atoms with Crippen molar-refractivity contribution in [3.63, 3.8) is 0 Å². The fourth-order valence-corrected chi connectivity index (χ4v) is 4.00. The van der Waals surface area contributed by atoms with E-state index in [0.29, 0.717) is 12.2 Å². The summed E-state index contributed by atoms with van der Waals surface area (Å²) in [5.41, 5.74) is 0. The summed E-state index contributed by atoms with van der Waals surface area (Å²) in [6.07, 6.45) is 8.77. The Morgan fingerprint density at radius 1 is 1.18 bits per heavy atom. The maximum atomic E-state index is 5.94. The second-order valence-electron chi connectivity index (χ2n) is 4.57. The highest BCUT2D eigenvalue weighted by Gasteiger charge is 2.61. The molecule has 0 aromatic rings. The molecule has 1 saturated heterocycles. The van der Waals surface area contributed by atoms with Crippen LogP contribution < -0.4 is 0 Å². The molecule has 2 bridgehead atoms. The zero-order valence-electron chi connectivity index (χ0n) is 6.44. The van der Waals surface area contributed by atoms with Gasteiger partial charge in [-0.3, -0.25) is 0 Å². The van der Waals surface area contributed by atoms with Crippen LogP contribution in [0.2, 0.25) is 0 Å². The standard InChI is InChI=1S/C10H12O/c1-2-8-10-6(1)5-3-7(10)9(4-5)11-8/h1-2,5-10H,3-4H2. The van der Waals surface area contributed by atoms with E-state index in [4.69, 9.17) is 4.74 Å². The summed E-state index contributed by atoms with van der Waals surface area (Å²) in [6.45, 7) is 0. The molecule has 4 rings (SSSR count). The van der Waals surface area contributed by atoms with Crippen LogP contribution in [0.15, 0.2) is 12.2 Å². The molecule has 58 valence electrons. The summed E-state index contributed by atoms with van der Waals surface area (Å²) in [4.78, 5) is 0. The van der Waals surface area contributed by atoms with Crippen LogP contribution in [0.4, 0.5) is 0 Å². The minimum Gasteiger partial charge on any atom is -0.370 e. The molecule has 3 aliphatic carbocycles. The van der Waals surface area contributed by atoms with Gasteiger partial charge in [-0.25, -0.2) is 0 Å². The highest BCUT2D eigenvalue weighted by atomic mass is 16.5. The molecule has 0 amide bonds. The Morgan fingerprint density at radius 2 is 2.18 bits per heavy atom. The first kappa shape index (κ1) is 5.36. The van der Waals surface area contributed by atoms with E-state index >= 15 is 0 Å². The van der Waals surface area contributed by atoms with E-state index < -0.39 is 0 Å². The maximum absolute atomic E-state index is 5.94. The predicted octanol–water partition coefficient (Wildman–Crippen LogP) is 1.60. The lowest BCUT2D eigenvalue weighted by atomic mass is 9.81. The molecule has 11 heavy (non-hydrogen) atoms. The van der Waals surface area contributed by atoms with E-state index in [2.05, 4.69) is 12.2 Å². The van der Waals surface area contributed by atoms with E-state index in [0.717, 1.165) is 23.7 Å². The van der Waals surface area contributed by atoms with Crippen molar-refractivity contribution in [2.24, 2.45) is 23.7 Å². The predicted molar refractivity (Wildman–Crippen MR) is 41.0 cm³/mol. The molecule has 6 unspecified atom stereocenters. The molecule has 0 aromatic carbocycles. The molecule has 0 spiro atoms. The van der Waals surface area contributed by atoms with Crippen molar-refractivity contribution < 1.29 is 4.74 Å². The summed E-state index contributed by atoms with van der Waals surface area (Å²) in [5.74, 6) is 3.78. The van der Waals surface area contributed by atoms with Gasteiger partial charge in [0.25, 0.3) is 0 Å². The molecule has 3 fully saturated rings. The van der Waals surface area contributed by atoms with Gasteiger partial charge in [0, 0.05) is 5.92 Å². The Labute approximate surface area is 66.4 Å². The van der Waals surface area contributed by atoms with Gasteiger partial charge in [-0.1, -0.05) is 12.2 Å². The van der Waals surface area contributed by atoms with Crippen molar-refractivity contribution in [1.29, 1.82) is 0 Å². The normalized spacial score (nSPS) is 68.4. The monoisotopic (exact) mass is 148 g/mol. The number of hydrogen-bond donors (Lipinski definition) is 0. The third-order valence-corrected chi connectivity index (χ3v) is 4.30. The number of ether oxygens (including phenoxy) is 1. The highest BCUT2D eigenvalue weighted by Crippen LogP contribution is 2.62. The number of allylic oxidation sites excluding steroid dienone is 1. The minimum absolute atomic E-state index is 0.530. The topological polar surface area (TPSA) is 9.23 Å². The summed E-state index contributed by atoms with van der Waals surface area (Å²) in [5, 5.41) is 0. The second kappa shape index (κ2) is 1.42. The van der Waals surface area contributed by atoms with Crippen LogP contribution in [0.5, 0.6) is 0 Å². The van der Waals surface area contributed by atoms with Gasteiger partial charge in [-0.05, 0) is 30.6 Å². The number of fused-ring (bicyclic) bond motifs is 2. The fourth-order valence-electron chi connectivity index (χ4n) is 4.00. The number of rotatable bonds is 0. The van der Waals surface area contributed by atoms with Gasteiger partial charge in [-0.15, -0.1) is 0 Å². The molecule has 0 radical (unpaired) electrons. The van der Waals surface area contributed by atoms with Crippen LogP contribution in [0.1, 0.15) is 12.8 Å². The Hall–Kier alpha value is -0.300. The molecule has 0 N–H and O–H groups in total. The fraction of sp³-hybridized carbons (Fsp3) is 0.800. The van der Waals surface area contributed by atoms with Gasteiger partial charge in [0.05, 0.1) is 12.2 Å². The minimum atomic E-state index is 0.530. The first-order valence-corrected chi connectivity index (χ1v) is 4.77. The third kappa shape index (κ3) is 0.427. The highest BCUT2D eigenvalue weighted by molar-refractivity contribution is 5.22. The van der Waals surface area contributed by atoms with Gasteiger partial charge >= 0.3 is 0 Å². The quantitative estimate of drug-likeness (QED) is 0.474. The second-order valence-corrected chi connectivity index (χ2v) is 4.57. The Morgan fingerprint density at radius 3 is 3.18 bits per heavy atom. The molecule has 6 atom stereocenters. The van der Waals surface area contributed by atoms with Crippen LogP contribution >= 0.6 is 0 Å². The number of hydrogen-bond acceptors (Lipinski definition) is 1. The first-order valence-electron chi connectivity index (χ1n) is 4.77. The van der Waals surface area contributed by atoms with E-state index in [9.17, 15) is 0 Å². The zero-order chi connectivity index (χ0) is 7.00. The van der Waals surface area contributed by atoms with E-state index in [-0.39, 0.29) is 0 Å². The van der Waals surface area contributed by atoms with E-state index in [1.165, 1.54) is 12.8 Å². The molecule has 1 nitrogen and oxygen atoms in total. The van der Waals surface area contributed by atoms with Crippen LogP contribution in [0.3, 0.4) is 0 Å². The van der Waals surface area contributed by atoms with Gasteiger partial charge in [-0.2, -0.15) is 0 Å². The van der Waals surface area contributed by atoms with Crippen molar-refractivity contribution in [3.8, 4) is 0 Å². The molecule has 1 aliphatic heterocycles. The third-order valence-electron chi connectivity index (χ3n) is 4.30. The molecule has 2 saturated carbocycles. The van der Waals surface area contributed by atoms with E-state index in [1.807, 2.05) is 0 Å². The molecular formula is C10H12O. The Balaban J connectivity index is 1.95. The largest absolute Gasteiger partial charge is 0.370 e. The molecule has 4 aliphatic rings. The van der Waals surface area contributed by atoms with Crippen LogP contribution in [-0.2, 0) is 4.74 Å². The van der Waals surface area contributed by atoms with E-state index in [1.54, 1.807) is 0 Å².